The van der Waals surface area contributed by atoms with Gasteiger partial charge >= 0.3 is 5.97 Å². The van der Waals surface area contributed by atoms with E-state index in [1.807, 2.05) is 42.6 Å². The van der Waals surface area contributed by atoms with Crippen molar-refractivity contribution in [2.45, 2.75) is 71.3 Å². The maximum atomic E-state index is 13.0. The molecule has 47 heavy (non-hydrogen) atoms. The molecule has 2 N–H and O–H groups in total. The number of thiazole rings is 1. The molecule has 5 aromatic rings. The lowest BCUT2D eigenvalue weighted by atomic mass is 9.58. The first kappa shape index (κ1) is 28.9. The van der Waals surface area contributed by atoms with Gasteiger partial charge in [0, 0.05) is 35.6 Å². The van der Waals surface area contributed by atoms with E-state index in [0.717, 1.165) is 80.7 Å². The number of nitrogens with one attached hydrogen (secondary N) is 1. The van der Waals surface area contributed by atoms with Gasteiger partial charge in [-0.1, -0.05) is 42.4 Å². The smallest absolute Gasteiger partial charge is 0.336 e. The zero-order valence-corrected chi connectivity index (χ0v) is 27.5. The molecule has 9 nitrogen and oxygen atoms in total. The van der Waals surface area contributed by atoms with Gasteiger partial charge in [-0.25, -0.2) is 9.78 Å². The first-order valence-electron chi connectivity index (χ1n) is 17.1. The Morgan fingerprint density at radius 3 is 2.57 bits per heavy atom. The number of aromatic carboxylic acids is 1. The van der Waals surface area contributed by atoms with Crippen LogP contribution in [0.25, 0.3) is 21.3 Å². The van der Waals surface area contributed by atoms with Gasteiger partial charge in [-0.2, -0.15) is 5.10 Å². The molecule has 0 radical (unpaired) electrons. The highest BCUT2D eigenvalue weighted by Crippen LogP contribution is 2.58. The van der Waals surface area contributed by atoms with Crippen molar-refractivity contribution in [3.05, 3.63) is 71.5 Å². The molecule has 0 amide bonds. The van der Waals surface area contributed by atoms with Gasteiger partial charge in [0.25, 0.3) is 0 Å². The third-order valence-corrected chi connectivity index (χ3v) is 12.4. The van der Waals surface area contributed by atoms with E-state index in [1.54, 1.807) is 11.3 Å². The van der Waals surface area contributed by atoms with Crippen molar-refractivity contribution in [3.63, 3.8) is 0 Å². The van der Waals surface area contributed by atoms with Gasteiger partial charge in [-0.05, 0) is 111 Å². The molecule has 3 aromatic heterocycles. The molecule has 2 atom stereocenters. The fraction of sp³-hybridized carbons (Fsp3) is 0.432. The fourth-order valence-corrected chi connectivity index (χ4v) is 10.6. The summed E-state index contributed by atoms with van der Waals surface area (Å²) in [5, 5.41) is 28.6. The molecule has 10 rings (SSSR count). The van der Waals surface area contributed by atoms with Crippen molar-refractivity contribution < 1.29 is 9.90 Å². The van der Waals surface area contributed by atoms with Crippen molar-refractivity contribution >= 4 is 50.0 Å². The van der Waals surface area contributed by atoms with Crippen LogP contribution < -0.4 is 10.2 Å². The lowest BCUT2D eigenvalue weighted by molar-refractivity contribution is 0.0169. The number of rotatable bonds is 7. The number of benzene rings is 2. The van der Waals surface area contributed by atoms with E-state index in [2.05, 4.69) is 49.1 Å². The standard InChI is InChI=1S/C37H39N7O2S/c1-22-28(20-38-44(22)21-37-17-23-8-9-24(18-37)16-25(15-23)19-37)26-10-11-30-27(34(26)35(45)46)5-4-14-43(30)33-13-12-32(41-42-33)40-36-39-29-6-2-3-7-31(29)47-36/h2-3,6-7,10-13,20,23-25H,4-5,8-9,14-19,21H2,1H3,(H,45,46)(H,39,40,41). The van der Waals surface area contributed by atoms with Crippen molar-refractivity contribution in [1.82, 2.24) is 25.0 Å². The lowest BCUT2D eigenvalue weighted by Crippen LogP contribution is -2.40. The van der Waals surface area contributed by atoms with Crippen LogP contribution in [0, 0.1) is 30.1 Å². The Labute approximate surface area is 278 Å². The second-order valence-electron chi connectivity index (χ2n) is 14.5. The number of carboxylic acid groups (broad SMARTS) is 1. The summed E-state index contributed by atoms with van der Waals surface area (Å²) >= 11 is 1.57. The number of carboxylic acids is 1. The van der Waals surface area contributed by atoms with Crippen LogP contribution in [0.4, 0.5) is 22.5 Å². The summed E-state index contributed by atoms with van der Waals surface area (Å²) in [6, 6.07) is 15.9. The summed E-state index contributed by atoms with van der Waals surface area (Å²) < 4.78 is 3.30. The first-order chi connectivity index (χ1) is 22.9. The number of nitrogens with zero attached hydrogens (tertiary/aromatic N) is 6. The van der Waals surface area contributed by atoms with E-state index < -0.39 is 5.97 Å². The van der Waals surface area contributed by atoms with Crippen LogP contribution >= 0.6 is 11.3 Å². The van der Waals surface area contributed by atoms with Gasteiger partial charge < -0.3 is 15.3 Å². The van der Waals surface area contributed by atoms with E-state index in [1.165, 1.54) is 44.9 Å². The number of hydrogen-bond acceptors (Lipinski definition) is 8. The largest absolute Gasteiger partial charge is 0.478 e. The Bertz CT molecular complexity index is 1950. The van der Waals surface area contributed by atoms with Crippen LogP contribution in [-0.2, 0) is 13.0 Å². The van der Waals surface area contributed by atoms with E-state index in [0.29, 0.717) is 29.0 Å². The summed E-state index contributed by atoms with van der Waals surface area (Å²) in [4.78, 5) is 19.7. The predicted molar refractivity (Wildman–Crippen MR) is 185 cm³/mol. The average molecular weight is 646 g/mol. The molecule has 10 heteroatoms. The van der Waals surface area contributed by atoms with Crippen LogP contribution in [0.3, 0.4) is 0 Å². The van der Waals surface area contributed by atoms with Crippen LogP contribution in [-0.4, -0.2) is 42.6 Å². The Kier molecular flexibility index (Phi) is 6.85. The van der Waals surface area contributed by atoms with E-state index in [9.17, 15) is 9.90 Å². The Balaban J connectivity index is 0.997. The lowest BCUT2D eigenvalue weighted by Gasteiger charge is -2.48. The molecule has 4 heterocycles. The minimum atomic E-state index is -0.898. The zero-order valence-electron chi connectivity index (χ0n) is 26.7. The Morgan fingerprint density at radius 1 is 1.00 bits per heavy atom. The third-order valence-electron chi connectivity index (χ3n) is 11.4. The molecule has 2 unspecified atom stereocenters. The van der Waals surface area contributed by atoms with Crippen molar-refractivity contribution in [3.8, 4) is 11.1 Å². The monoisotopic (exact) mass is 645 g/mol. The number of anilines is 4. The molecule has 1 aliphatic heterocycles. The average Bonchev–Trinajstić information content (AvgIpc) is 3.57. The molecule has 0 spiro atoms. The normalized spacial score (nSPS) is 24.8. The molecule has 4 bridgehead atoms. The molecule has 4 aliphatic carbocycles. The van der Waals surface area contributed by atoms with Crippen LogP contribution in [0.1, 0.15) is 73.0 Å². The van der Waals surface area contributed by atoms with Crippen molar-refractivity contribution in [2.75, 3.05) is 16.8 Å². The molecule has 0 saturated heterocycles. The van der Waals surface area contributed by atoms with Gasteiger partial charge in [0.2, 0.25) is 0 Å². The summed E-state index contributed by atoms with van der Waals surface area (Å²) in [5.41, 5.74) is 6.15. The van der Waals surface area contributed by atoms with E-state index in [4.69, 9.17) is 5.10 Å². The van der Waals surface area contributed by atoms with Crippen molar-refractivity contribution in [1.29, 1.82) is 0 Å². The van der Waals surface area contributed by atoms with E-state index in [-0.39, 0.29) is 0 Å². The summed E-state index contributed by atoms with van der Waals surface area (Å²) in [5.74, 6) is 3.03. The fourth-order valence-electron chi connectivity index (χ4n) is 9.71. The van der Waals surface area contributed by atoms with Gasteiger partial charge in [-0.15, -0.1) is 10.2 Å². The Morgan fingerprint density at radius 2 is 1.81 bits per heavy atom. The van der Waals surface area contributed by atoms with Crippen LogP contribution in [0.15, 0.2) is 54.7 Å². The quantitative estimate of drug-likeness (QED) is 0.182. The number of carbonyl (C=O) groups is 1. The van der Waals surface area contributed by atoms with Gasteiger partial charge in [-0.3, -0.25) is 4.68 Å². The molecule has 4 saturated carbocycles. The molecule has 5 aliphatic rings. The predicted octanol–water partition coefficient (Wildman–Crippen LogP) is 8.39. The SMILES string of the molecule is Cc1c(-c2ccc3c(c2C(=O)O)CCCN3c2ccc(Nc3nc4ccccc4s3)nn2)cnn1CC12CC3CCC(CC(C3)C1)C2. The highest BCUT2D eigenvalue weighted by Gasteiger charge is 2.48. The zero-order chi connectivity index (χ0) is 31.7. The first-order valence-corrected chi connectivity index (χ1v) is 17.9. The maximum absolute atomic E-state index is 13.0. The number of para-hydroxylation sites is 1. The summed E-state index contributed by atoms with van der Waals surface area (Å²) in [6.07, 6.45) is 13.1. The summed E-state index contributed by atoms with van der Waals surface area (Å²) in [6.45, 7) is 3.81. The van der Waals surface area contributed by atoms with Crippen LogP contribution in [0.2, 0.25) is 0 Å². The number of hydrogen-bond donors (Lipinski definition) is 2. The van der Waals surface area contributed by atoms with Crippen LogP contribution in [0.5, 0.6) is 0 Å². The highest BCUT2D eigenvalue weighted by molar-refractivity contribution is 7.22. The molecule has 4 fully saturated rings. The number of aromatic nitrogens is 5. The second kappa shape index (κ2) is 11.1. The van der Waals surface area contributed by atoms with Crippen molar-refractivity contribution in [2.24, 2.45) is 23.2 Å². The van der Waals surface area contributed by atoms with Gasteiger partial charge in [0.1, 0.15) is 0 Å². The minimum Gasteiger partial charge on any atom is -0.478 e. The highest BCUT2D eigenvalue weighted by atomic mass is 32.1. The minimum absolute atomic E-state index is 0.341. The topological polar surface area (TPSA) is 109 Å². The molecular formula is C37H39N7O2S. The third kappa shape index (κ3) is 5.08. The van der Waals surface area contributed by atoms with E-state index >= 15 is 0 Å². The van der Waals surface area contributed by atoms with Gasteiger partial charge in [0.05, 0.1) is 22.0 Å². The molecule has 2 aromatic carbocycles. The molecular weight excluding hydrogens is 607 g/mol. The van der Waals surface area contributed by atoms with Gasteiger partial charge in [0.15, 0.2) is 16.8 Å². The summed E-state index contributed by atoms with van der Waals surface area (Å²) in [7, 11) is 0. The number of fused-ring (bicyclic) bond motifs is 3. The Hall–Kier alpha value is -4.31. The molecule has 240 valence electrons. The second-order valence-corrected chi connectivity index (χ2v) is 15.5. The maximum Gasteiger partial charge on any atom is 0.336 e.